The summed E-state index contributed by atoms with van der Waals surface area (Å²) in [7, 11) is 0. The summed E-state index contributed by atoms with van der Waals surface area (Å²) in [6.45, 7) is 6.87. The van der Waals surface area contributed by atoms with E-state index in [0.29, 0.717) is 0 Å². The van der Waals surface area contributed by atoms with Gasteiger partial charge in [-0.3, -0.25) is 28.8 Å². The Balaban J connectivity index is 1.98. The molecular weight excluding hydrogens is 584 g/mol. The molecule has 14 heteroatoms. The smallest absolute Gasteiger partial charge is 0.308 e. The quantitative estimate of drug-likeness (QED) is 0.185. The Kier molecular flexibility index (Phi) is 7.43. The van der Waals surface area contributed by atoms with Crippen LogP contribution in [0.15, 0.2) is 33.1 Å². The molecule has 2 aromatic heterocycles. The first-order chi connectivity index (χ1) is 20.7. The van der Waals surface area contributed by atoms with Crippen molar-refractivity contribution < 1.29 is 66.0 Å². The normalized spacial score (nSPS) is 11.0. The van der Waals surface area contributed by atoms with E-state index in [1.165, 1.54) is 24.3 Å². The minimum absolute atomic E-state index is 0.0589. The average molecular weight is 606 g/mol. The molecule has 0 atom stereocenters. The van der Waals surface area contributed by atoms with Crippen LogP contribution in [0.5, 0.6) is 34.5 Å². The van der Waals surface area contributed by atoms with Gasteiger partial charge in [0.05, 0.1) is 10.8 Å². The second-order valence-electron chi connectivity index (χ2n) is 9.42. The van der Waals surface area contributed by atoms with Crippen molar-refractivity contribution in [3.05, 3.63) is 24.3 Å². The van der Waals surface area contributed by atoms with Crippen LogP contribution in [0.2, 0.25) is 0 Å². The molecule has 14 nitrogen and oxygen atoms in total. The fourth-order valence-corrected chi connectivity index (χ4v) is 4.63. The molecule has 0 aliphatic carbocycles. The number of hydrogen-bond acceptors (Lipinski definition) is 14. The van der Waals surface area contributed by atoms with Crippen LogP contribution in [0.25, 0.3) is 43.9 Å². The summed E-state index contributed by atoms with van der Waals surface area (Å²) in [6.07, 6.45) is 0. The second-order valence-corrected chi connectivity index (χ2v) is 9.42. The molecular formula is C30H22O14. The van der Waals surface area contributed by atoms with E-state index in [9.17, 15) is 28.8 Å². The molecule has 0 amide bonds. The summed E-state index contributed by atoms with van der Waals surface area (Å²) in [6, 6.07) is 5.18. The number of rotatable bonds is 6. The Morgan fingerprint density at radius 1 is 0.432 bits per heavy atom. The molecule has 0 aliphatic heterocycles. The zero-order valence-corrected chi connectivity index (χ0v) is 24.0. The first-order valence-electron chi connectivity index (χ1n) is 12.8. The molecule has 0 saturated carbocycles. The predicted octanol–water partition coefficient (Wildman–Crippen LogP) is 5.04. The Bertz CT molecular complexity index is 1940. The average Bonchev–Trinajstić information content (AvgIpc) is 3.43. The summed E-state index contributed by atoms with van der Waals surface area (Å²) in [5.41, 5.74) is -0.0886. The van der Waals surface area contributed by atoms with Crippen LogP contribution >= 0.6 is 0 Å². The van der Waals surface area contributed by atoms with Crippen LogP contribution in [-0.4, -0.2) is 35.8 Å². The first-order valence-corrected chi connectivity index (χ1v) is 12.8. The molecule has 2 heterocycles. The monoisotopic (exact) mass is 606 g/mol. The number of ether oxygens (including phenoxy) is 6. The van der Waals surface area contributed by atoms with Gasteiger partial charge in [0.2, 0.25) is 0 Å². The second kappa shape index (κ2) is 11.1. The van der Waals surface area contributed by atoms with E-state index < -0.39 is 35.8 Å². The summed E-state index contributed by atoms with van der Waals surface area (Å²) < 4.78 is 44.3. The summed E-state index contributed by atoms with van der Waals surface area (Å²) in [5.74, 6) is -5.37. The fourth-order valence-electron chi connectivity index (χ4n) is 4.63. The van der Waals surface area contributed by atoms with E-state index in [2.05, 4.69) is 0 Å². The molecule has 226 valence electrons. The lowest BCUT2D eigenvalue weighted by Crippen LogP contribution is -2.07. The predicted molar refractivity (Wildman–Crippen MR) is 149 cm³/mol. The maximum Gasteiger partial charge on any atom is 0.308 e. The molecule has 0 N–H and O–H groups in total. The van der Waals surface area contributed by atoms with Crippen LogP contribution in [0.3, 0.4) is 0 Å². The van der Waals surface area contributed by atoms with E-state index in [4.69, 9.17) is 37.3 Å². The van der Waals surface area contributed by atoms with E-state index in [0.717, 1.165) is 41.5 Å². The van der Waals surface area contributed by atoms with Gasteiger partial charge in [-0.15, -0.1) is 0 Å². The van der Waals surface area contributed by atoms with Crippen LogP contribution in [0, 0.1) is 0 Å². The van der Waals surface area contributed by atoms with Gasteiger partial charge in [-0.1, -0.05) is 0 Å². The minimum atomic E-state index is -0.763. The molecule has 0 radical (unpaired) electrons. The number of esters is 6. The number of carbonyl (C=O) groups is 6. The van der Waals surface area contributed by atoms with Crippen molar-refractivity contribution in [3.63, 3.8) is 0 Å². The maximum atomic E-state index is 12.4. The maximum absolute atomic E-state index is 12.4. The lowest BCUT2D eigenvalue weighted by atomic mass is 10.1. The van der Waals surface area contributed by atoms with Gasteiger partial charge in [0.25, 0.3) is 0 Å². The summed E-state index contributed by atoms with van der Waals surface area (Å²) in [4.78, 5) is 71.9. The Morgan fingerprint density at radius 2 is 0.705 bits per heavy atom. The third-order valence-electron chi connectivity index (χ3n) is 5.88. The van der Waals surface area contributed by atoms with Crippen LogP contribution in [0.1, 0.15) is 41.5 Å². The lowest BCUT2D eigenvalue weighted by Gasteiger charge is -2.10. The van der Waals surface area contributed by atoms with E-state index in [1.54, 1.807) is 0 Å². The molecule has 5 rings (SSSR count). The van der Waals surface area contributed by atoms with E-state index in [-0.39, 0.29) is 78.4 Å². The first kappa shape index (κ1) is 29.6. The lowest BCUT2D eigenvalue weighted by molar-refractivity contribution is -0.134. The highest BCUT2D eigenvalue weighted by molar-refractivity contribution is 6.24. The molecule has 44 heavy (non-hydrogen) atoms. The largest absolute Gasteiger partial charge is 0.452 e. The van der Waals surface area contributed by atoms with Gasteiger partial charge in [0, 0.05) is 64.4 Å². The van der Waals surface area contributed by atoms with Crippen molar-refractivity contribution in [3.8, 4) is 34.5 Å². The molecule has 0 fully saturated rings. The zero-order valence-electron chi connectivity index (χ0n) is 24.0. The molecule has 0 spiro atoms. The van der Waals surface area contributed by atoms with Crippen molar-refractivity contribution >= 4 is 79.7 Å². The summed E-state index contributed by atoms with van der Waals surface area (Å²) >= 11 is 0. The molecule has 5 aromatic rings. The van der Waals surface area contributed by atoms with Crippen LogP contribution in [0.4, 0.5) is 0 Å². The topological polar surface area (TPSA) is 184 Å². The highest BCUT2D eigenvalue weighted by atomic mass is 16.6. The number of carbonyl (C=O) groups excluding carboxylic acids is 6. The van der Waals surface area contributed by atoms with Gasteiger partial charge in [0.1, 0.15) is 11.2 Å². The highest BCUT2D eigenvalue weighted by Gasteiger charge is 2.31. The van der Waals surface area contributed by atoms with Gasteiger partial charge >= 0.3 is 35.8 Å². The number of benzene rings is 3. The third kappa shape index (κ3) is 5.47. The van der Waals surface area contributed by atoms with Crippen molar-refractivity contribution in [1.29, 1.82) is 0 Å². The van der Waals surface area contributed by atoms with Gasteiger partial charge in [-0.05, 0) is 12.1 Å². The highest BCUT2D eigenvalue weighted by Crippen LogP contribution is 2.53. The Labute approximate surface area is 246 Å². The minimum Gasteiger partial charge on any atom is -0.452 e. The van der Waals surface area contributed by atoms with E-state index in [1.807, 2.05) is 0 Å². The Morgan fingerprint density at radius 3 is 0.977 bits per heavy atom. The zero-order chi connectivity index (χ0) is 32.0. The van der Waals surface area contributed by atoms with Crippen LogP contribution < -0.4 is 28.4 Å². The van der Waals surface area contributed by atoms with Gasteiger partial charge in [0.15, 0.2) is 45.7 Å². The van der Waals surface area contributed by atoms with Crippen molar-refractivity contribution in [2.45, 2.75) is 41.5 Å². The van der Waals surface area contributed by atoms with Gasteiger partial charge in [-0.25, -0.2) is 0 Å². The fraction of sp³-hybridized carbons (Fsp3) is 0.200. The SMILES string of the molecule is CC(=O)Oc1cc2oc3c(OC(C)=O)c4c(oc5cc(OC(C)=O)c(OC(C)=O)cc54)c(OC(C)=O)c3c2cc1OC(C)=O. The van der Waals surface area contributed by atoms with Crippen molar-refractivity contribution in [2.75, 3.05) is 0 Å². The number of furan rings is 2. The third-order valence-corrected chi connectivity index (χ3v) is 5.88. The molecule has 0 aliphatic rings. The molecule has 0 bridgehead atoms. The van der Waals surface area contributed by atoms with E-state index >= 15 is 0 Å². The van der Waals surface area contributed by atoms with Crippen LogP contribution in [-0.2, 0) is 28.8 Å². The number of hydrogen-bond donors (Lipinski definition) is 0. The summed E-state index contributed by atoms with van der Waals surface area (Å²) in [5, 5.41) is 0.531. The Hall–Kier alpha value is -5.92. The van der Waals surface area contributed by atoms with Crippen molar-refractivity contribution in [2.24, 2.45) is 0 Å². The van der Waals surface area contributed by atoms with Gasteiger partial charge in [-0.2, -0.15) is 0 Å². The van der Waals surface area contributed by atoms with Crippen molar-refractivity contribution in [1.82, 2.24) is 0 Å². The standard InChI is InChI=1S/C30H22O14/c1-11(31)37-21-7-17-19(9-23(21)39-13(3)33)43-29-25(17)27(41-15(5)35)30-26(28(29)42-16(6)36)18-8-22(38-12(2)32)24(40-14(4)34)10-20(18)44-30/h7-10H,1-6H3. The van der Waals surface area contributed by atoms with Gasteiger partial charge < -0.3 is 37.3 Å². The molecule has 0 saturated heterocycles. The molecule has 3 aromatic carbocycles. The molecule has 0 unspecified atom stereocenters. The number of fused-ring (bicyclic) bond motifs is 6.